The minimum atomic E-state index is -3.91. The molecule has 1 aliphatic rings. The Morgan fingerprint density at radius 1 is 1.31 bits per heavy atom. The van der Waals surface area contributed by atoms with Crippen molar-refractivity contribution >= 4 is 33.2 Å². The molecule has 1 amide bonds. The molecule has 0 saturated heterocycles. The van der Waals surface area contributed by atoms with Crippen molar-refractivity contribution in [3.8, 4) is 5.82 Å². The predicted octanol–water partition coefficient (Wildman–Crippen LogP) is 2.65. The Morgan fingerprint density at radius 2 is 2.09 bits per heavy atom. The van der Waals surface area contributed by atoms with Crippen LogP contribution in [0.25, 0.3) is 22.9 Å². The lowest BCUT2D eigenvalue weighted by atomic mass is 10.1. The maximum absolute atomic E-state index is 12.4. The molecule has 0 aliphatic heterocycles. The summed E-state index contributed by atoms with van der Waals surface area (Å²) in [6.45, 7) is 4.28. The number of aryl methyl sites for hydroxylation is 1. The number of hydrogen-bond acceptors (Lipinski definition) is 5. The molecular formula is C22H28N6O3S. The number of carbonyl (C=O) groups excluding carboxylic acids is 1. The Bertz CT molecular complexity index is 1270. The summed E-state index contributed by atoms with van der Waals surface area (Å²) in [7, 11) is -2.05. The molecule has 0 radical (unpaired) electrons. The topological polar surface area (TPSA) is 111 Å². The molecule has 1 fully saturated rings. The van der Waals surface area contributed by atoms with Crippen molar-refractivity contribution in [2.75, 3.05) is 6.54 Å². The van der Waals surface area contributed by atoms with Crippen LogP contribution in [0.15, 0.2) is 36.7 Å². The molecule has 32 heavy (non-hydrogen) atoms. The van der Waals surface area contributed by atoms with Gasteiger partial charge >= 0.3 is 10.2 Å². The molecule has 0 spiro atoms. The third-order valence-electron chi connectivity index (χ3n) is 5.37. The molecule has 1 saturated carbocycles. The summed E-state index contributed by atoms with van der Waals surface area (Å²) in [5, 5.41) is 5.69. The van der Waals surface area contributed by atoms with Gasteiger partial charge in [-0.25, -0.2) is 9.71 Å². The minimum absolute atomic E-state index is 0.274. The van der Waals surface area contributed by atoms with Gasteiger partial charge in [0.15, 0.2) is 0 Å². The first-order valence-corrected chi connectivity index (χ1v) is 12.2. The van der Waals surface area contributed by atoms with Crippen LogP contribution < -0.4 is 9.44 Å². The van der Waals surface area contributed by atoms with Crippen molar-refractivity contribution in [3.63, 3.8) is 0 Å². The number of nitrogens with one attached hydrogen (secondary N) is 2. The second kappa shape index (κ2) is 8.87. The number of nitrogens with zero attached hydrogens (tertiary/aromatic N) is 4. The minimum Gasteiger partial charge on any atom is -0.285 e. The van der Waals surface area contributed by atoms with E-state index < -0.39 is 16.1 Å². The number of fused-ring (bicyclic) bond motifs is 1. The highest BCUT2D eigenvalue weighted by Gasteiger charge is 2.31. The maximum Gasteiger partial charge on any atom is 0.301 e. The van der Waals surface area contributed by atoms with E-state index in [1.807, 2.05) is 54.6 Å². The molecule has 3 heterocycles. The van der Waals surface area contributed by atoms with E-state index in [-0.39, 0.29) is 6.54 Å². The lowest BCUT2D eigenvalue weighted by Crippen LogP contribution is -2.40. The van der Waals surface area contributed by atoms with Gasteiger partial charge in [-0.15, -0.1) is 0 Å². The van der Waals surface area contributed by atoms with Gasteiger partial charge in [-0.2, -0.15) is 18.2 Å². The summed E-state index contributed by atoms with van der Waals surface area (Å²) < 4.78 is 32.4. The van der Waals surface area contributed by atoms with Crippen LogP contribution >= 0.6 is 0 Å². The molecule has 9 nitrogen and oxygen atoms in total. The Balaban J connectivity index is 1.61. The standard InChI is InChI=1S/C22H28N6O3S/c1-15(2)10-13-24-32(30,31)26-19(29)9-8-18-20(16-6-7-16)25-27(3)22(18)28-14-11-17-5-4-12-23-21(17)28/h4-5,8-9,11-12,14-16,24H,6-7,10,13H2,1-3H3,(H,26,29)/b9-8+. The second-order valence-electron chi connectivity index (χ2n) is 8.50. The van der Waals surface area contributed by atoms with E-state index in [0.29, 0.717) is 18.3 Å². The Labute approximate surface area is 187 Å². The number of carbonyl (C=O) groups is 1. The van der Waals surface area contributed by atoms with E-state index in [4.69, 9.17) is 5.10 Å². The van der Waals surface area contributed by atoms with E-state index in [1.165, 1.54) is 6.08 Å². The molecule has 0 unspecified atom stereocenters. The molecule has 3 aromatic heterocycles. The zero-order chi connectivity index (χ0) is 22.9. The zero-order valence-corrected chi connectivity index (χ0v) is 19.3. The van der Waals surface area contributed by atoms with Crippen LogP contribution in [-0.2, 0) is 22.1 Å². The third kappa shape index (κ3) is 4.91. The zero-order valence-electron chi connectivity index (χ0n) is 18.4. The Morgan fingerprint density at radius 3 is 2.81 bits per heavy atom. The molecule has 4 rings (SSSR count). The second-order valence-corrected chi connectivity index (χ2v) is 10.0. The van der Waals surface area contributed by atoms with Crippen LogP contribution in [0.3, 0.4) is 0 Å². The van der Waals surface area contributed by atoms with Crippen molar-refractivity contribution in [2.24, 2.45) is 13.0 Å². The van der Waals surface area contributed by atoms with Crippen LogP contribution in [0.1, 0.15) is 50.3 Å². The average molecular weight is 457 g/mol. The third-order valence-corrected chi connectivity index (χ3v) is 6.43. The van der Waals surface area contributed by atoms with Crippen LogP contribution in [0.2, 0.25) is 0 Å². The lowest BCUT2D eigenvalue weighted by Gasteiger charge is -2.09. The normalized spacial score (nSPS) is 14.6. The van der Waals surface area contributed by atoms with Gasteiger partial charge < -0.3 is 0 Å². The molecular weight excluding hydrogens is 428 g/mol. The molecule has 170 valence electrons. The van der Waals surface area contributed by atoms with E-state index >= 15 is 0 Å². The van der Waals surface area contributed by atoms with E-state index in [1.54, 1.807) is 17.0 Å². The van der Waals surface area contributed by atoms with Gasteiger partial charge in [0.2, 0.25) is 0 Å². The highest BCUT2D eigenvalue weighted by molar-refractivity contribution is 7.88. The summed E-state index contributed by atoms with van der Waals surface area (Å²) in [5.74, 6) is 0.767. The van der Waals surface area contributed by atoms with Gasteiger partial charge in [0.05, 0.1) is 5.69 Å². The van der Waals surface area contributed by atoms with Crippen molar-refractivity contribution in [2.45, 2.75) is 39.0 Å². The smallest absolute Gasteiger partial charge is 0.285 e. The van der Waals surface area contributed by atoms with Gasteiger partial charge in [0.1, 0.15) is 11.5 Å². The summed E-state index contributed by atoms with van der Waals surface area (Å²) >= 11 is 0. The number of rotatable bonds is 9. The summed E-state index contributed by atoms with van der Waals surface area (Å²) in [6.07, 6.45) is 9.32. The highest BCUT2D eigenvalue weighted by Crippen LogP contribution is 2.42. The van der Waals surface area contributed by atoms with Gasteiger partial charge in [-0.1, -0.05) is 13.8 Å². The molecule has 0 aromatic carbocycles. The SMILES string of the molecule is CC(C)CCNS(=O)(=O)NC(=O)/C=C/c1c(C2CC2)nn(C)c1-n1ccc2cccnc21. The van der Waals surface area contributed by atoms with Gasteiger partial charge in [-0.05, 0) is 49.5 Å². The predicted molar refractivity (Wildman–Crippen MR) is 123 cm³/mol. The van der Waals surface area contributed by atoms with Crippen molar-refractivity contribution in [1.29, 1.82) is 0 Å². The van der Waals surface area contributed by atoms with Crippen molar-refractivity contribution in [3.05, 3.63) is 47.9 Å². The molecule has 10 heteroatoms. The fourth-order valence-corrected chi connectivity index (χ4v) is 4.43. The maximum atomic E-state index is 12.4. The summed E-state index contributed by atoms with van der Waals surface area (Å²) in [4.78, 5) is 16.9. The van der Waals surface area contributed by atoms with Crippen LogP contribution in [-0.4, -0.2) is 40.2 Å². The number of pyridine rings is 1. The molecule has 0 bridgehead atoms. The Kier molecular flexibility index (Phi) is 6.16. The van der Waals surface area contributed by atoms with Crippen LogP contribution in [0.4, 0.5) is 0 Å². The number of amides is 1. The lowest BCUT2D eigenvalue weighted by molar-refractivity contribution is -0.114. The Hall–Kier alpha value is -2.98. The first-order chi connectivity index (χ1) is 15.2. The molecule has 0 atom stereocenters. The molecule has 1 aliphatic carbocycles. The quantitative estimate of drug-likeness (QED) is 0.481. The summed E-state index contributed by atoms with van der Waals surface area (Å²) in [6, 6.07) is 5.84. The first kappa shape index (κ1) is 22.2. The van der Waals surface area contributed by atoms with E-state index in [2.05, 4.69) is 9.71 Å². The molecule has 2 N–H and O–H groups in total. The summed E-state index contributed by atoms with van der Waals surface area (Å²) in [5.41, 5.74) is 2.48. The first-order valence-electron chi connectivity index (χ1n) is 10.7. The fraction of sp³-hybridized carbons (Fsp3) is 0.409. The van der Waals surface area contributed by atoms with Gasteiger partial charge in [0, 0.05) is 48.9 Å². The highest BCUT2D eigenvalue weighted by atomic mass is 32.2. The van der Waals surface area contributed by atoms with E-state index in [9.17, 15) is 13.2 Å². The fourth-order valence-electron chi connectivity index (χ4n) is 3.64. The van der Waals surface area contributed by atoms with Crippen LogP contribution in [0.5, 0.6) is 0 Å². The monoisotopic (exact) mass is 456 g/mol. The van der Waals surface area contributed by atoms with Gasteiger partial charge in [0.25, 0.3) is 5.91 Å². The van der Waals surface area contributed by atoms with Gasteiger partial charge in [-0.3, -0.25) is 14.0 Å². The van der Waals surface area contributed by atoms with Crippen molar-refractivity contribution < 1.29 is 13.2 Å². The number of hydrogen-bond donors (Lipinski definition) is 2. The van der Waals surface area contributed by atoms with E-state index in [0.717, 1.165) is 41.0 Å². The number of aromatic nitrogens is 4. The van der Waals surface area contributed by atoms with Crippen molar-refractivity contribution in [1.82, 2.24) is 28.8 Å². The average Bonchev–Trinajstić information content (AvgIpc) is 3.40. The van der Waals surface area contributed by atoms with Crippen LogP contribution in [0, 0.1) is 5.92 Å². The molecule has 3 aromatic rings. The largest absolute Gasteiger partial charge is 0.301 e.